The Labute approximate surface area is 103 Å². The van der Waals surface area contributed by atoms with Gasteiger partial charge in [-0.25, -0.2) is 4.79 Å². The van der Waals surface area contributed by atoms with E-state index in [4.69, 9.17) is 22.1 Å². The van der Waals surface area contributed by atoms with Gasteiger partial charge in [-0.05, 0) is 0 Å². The minimum absolute atomic E-state index is 0.317. The van der Waals surface area contributed by atoms with Gasteiger partial charge in [-0.1, -0.05) is 12.2 Å². The lowest BCUT2D eigenvalue weighted by atomic mass is 10.1. The number of thiocarbonyl (C=S) groups is 1. The van der Waals surface area contributed by atoms with Crippen LogP contribution >= 0.6 is 12.2 Å². The quantitative estimate of drug-likeness (QED) is 0.437. The third-order valence-corrected chi connectivity index (χ3v) is 3.22. The fourth-order valence-corrected chi connectivity index (χ4v) is 2.14. The highest BCUT2D eigenvalue weighted by atomic mass is 32.1. The molecular formula is C9H14N2O5S. The van der Waals surface area contributed by atoms with Crippen LogP contribution < -0.4 is 5.32 Å². The Balaban J connectivity index is 2.08. The molecule has 2 saturated heterocycles. The first-order valence-corrected chi connectivity index (χ1v) is 5.68. The van der Waals surface area contributed by atoms with E-state index in [1.807, 2.05) is 0 Å². The van der Waals surface area contributed by atoms with Crippen molar-refractivity contribution in [1.29, 1.82) is 0 Å². The van der Waals surface area contributed by atoms with Gasteiger partial charge in [-0.3, -0.25) is 4.90 Å². The Morgan fingerprint density at radius 2 is 2.18 bits per heavy atom. The van der Waals surface area contributed by atoms with Crippen molar-refractivity contribution in [2.75, 3.05) is 13.2 Å². The number of carbonyl (C=O) groups is 1. The summed E-state index contributed by atoms with van der Waals surface area (Å²) in [7, 11) is 0. The van der Waals surface area contributed by atoms with Crippen molar-refractivity contribution in [3.63, 3.8) is 0 Å². The number of hydrogen-bond acceptors (Lipinski definition) is 6. The molecule has 2 amide bonds. The number of carbonyl (C=O) groups excluding carboxylic acids is 1. The summed E-state index contributed by atoms with van der Waals surface area (Å²) in [5.74, 6) is 0. The maximum absolute atomic E-state index is 11.6. The molecule has 2 fully saturated rings. The van der Waals surface area contributed by atoms with Gasteiger partial charge in [0.25, 0.3) is 0 Å². The predicted molar refractivity (Wildman–Crippen MR) is 60.2 cm³/mol. The van der Waals surface area contributed by atoms with Gasteiger partial charge in [0, 0.05) is 13.0 Å². The molecule has 2 aliphatic heterocycles. The standard InChI is InChI=1S/C9H14N2O5S/c12-3-4-6(13)7(14)8(16-4)11-2-1-5(17)10-9(11)15/h4,6-8,12-14H,1-3H2,(H,10,15,17)/t4-,6-,7-,8-/m1/s1. The Kier molecular flexibility index (Phi) is 3.59. The number of aliphatic hydroxyl groups excluding tert-OH is 3. The van der Waals surface area contributed by atoms with Gasteiger partial charge in [-0.15, -0.1) is 0 Å². The molecule has 2 aliphatic rings. The maximum Gasteiger partial charge on any atom is 0.324 e. The van der Waals surface area contributed by atoms with Crippen LogP contribution in [0.1, 0.15) is 6.42 Å². The summed E-state index contributed by atoms with van der Waals surface area (Å²) in [6.45, 7) is -0.0974. The average Bonchev–Trinajstić information content (AvgIpc) is 2.57. The number of nitrogens with zero attached hydrogens (tertiary/aromatic N) is 1. The molecule has 7 nitrogen and oxygen atoms in total. The van der Waals surface area contributed by atoms with Crippen LogP contribution in [0.15, 0.2) is 0 Å². The molecule has 0 bridgehead atoms. The second-order valence-corrected chi connectivity index (χ2v) is 4.52. The van der Waals surface area contributed by atoms with Gasteiger partial charge in [0.1, 0.15) is 18.3 Å². The Hall–Kier alpha value is -0.800. The lowest BCUT2D eigenvalue weighted by Gasteiger charge is -2.33. The minimum atomic E-state index is -1.23. The van der Waals surface area contributed by atoms with E-state index in [1.54, 1.807) is 0 Å². The number of nitrogens with one attached hydrogen (secondary N) is 1. The highest BCUT2D eigenvalue weighted by Gasteiger charge is 2.47. The lowest BCUT2D eigenvalue weighted by molar-refractivity contribution is -0.0791. The molecule has 96 valence electrons. The first kappa shape index (κ1) is 12.7. The predicted octanol–water partition coefficient (Wildman–Crippen LogP) is -1.83. The molecular weight excluding hydrogens is 248 g/mol. The van der Waals surface area contributed by atoms with Gasteiger partial charge in [0.2, 0.25) is 0 Å². The van der Waals surface area contributed by atoms with E-state index in [1.165, 1.54) is 4.90 Å². The van der Waals surface area contributed by atoms with Crippen molar-refractivity contribution in [3.8, 4) is 0 Å². The number of hydrogen-bond donors (Lipinski definition) is 4. The molecule has 0 aromatic rings. The van der Waals surface area contributed by atoms with Crippen LogP contribution in [0.3, 0.4) is 0 Å². The van der Waals surface area contributed by atoms with Gasteiger partial charge in [-0.2, -0.15) is 0 Å². The van der Waals surface area contributed by atoms with Crippen LogP contribution in [0.2, 0.25) is 0 Å². The molecule has 0 spiro atoms. The Morgan fingerprint density at radius 3 is 2.71 bits per heavy atom. The minimum Gasteiger partial charge on any atom is -0.394 e. The summed E-state index contributed by atoms with van der Waals surface area (Å²) in [6, 6.07) is -0.462. The fraction of sp³-hybridized carbons (Fsp3) is 0.778. The van der Waals surface area contributed by atoms with Gasteiger partial charge < -0.3 is 25.4 Å². The highest BCUT2D eigenvalue weighted by molar-refractivity contribution is 7.80. The molecule has 0 radical (unpaired) electrons. The molecule has 0 aromatic carbocycles. The summed E-state index contributed by atoms with van der Waals surface area (Å²) < 4.78 is 5.25. The SMILES string of the molecule is O=C1NC(=S)CCN1[C@@H]1O[C@H](CO)[C@@H](O)[C@H]1O. The van der Waals surface area contributed by atoms with Gasteiger partial charge in [0.05, 0.1) is 11.6 Å². The summed E-state index contributed by atoms with van der Waals surface area (Å²) in [4.78, 5) is 13.3. The summed E-state index contributed by atoms with van der Waals surface area (Å²) in [6.07, 6.45) is -3.79. The molecule has 4 N–H and O–H groups in total. The van der Waals surface area contributed by atoms with Crippen molar-refractivity contribution in [2.24, 2.45) is 0 Å². The zero-order chi connectivity index (χ0) is 12.6. The zero-order valence-electron chi connectivity index (χ0n) is 8.94. The third kappa shape index (κ3) is 2.26. The number of ether oxygens (including phenoxy) is 1. The normalized spacial score (nSPS) is 38.4. The summed E-state index contributed by atoms with van der Waals surface area (Å²) in [5, 5.41) is 30.7. The van der Waals surface area contributed by atoms with Crippen LogP contribution in [0.5, 0.6) is 0 Å². The number of amides is 2. The first-order valence-electron chi connectivity index (χ1n) is 5.27. The van der Waals surface area contributed by atoms with Crippen LogP contribution in [0.25, 0.3) is 0 Å². The van der Waals surface area contributed by atoms with Crippen molar-refractivity contribution >= 4 is 23.2 Å². The van der Waals surface area contributed by atoms with Crippen LogP contribution in [-0.2, 0) is 4.74 Å². The third-order valence-electron chi connectivity index (χ3n) is 2.91. The summed E-state index contributed by atoms with van der Waals surface area (Å²) >= 11 is 4.86. The molecule has 0 aromatic heterocycles. The zero-order valence-corrected chi connectivity index (χ0v) is 9.76. The Bertz CT molecular complexity index is 339. The first-order chi connectivity index (χ1) is 8.04. The second kappa shape index (κ2) is 4.83. The monoisotopic (exact) mass is 262 g/mol. The molecule has 4 atom stereocenters. The van der Waals surface area contributed by atoms with Crippen molar-refractivity contribution < 1.29 is 24.9 Å². The van der Waals surface area contributed by atoms with E-state index >= 15 is 0 Å². The van der Waals surface area contributed by atoms with Gasteiger partial charge in [0.15, 0.2) is 6.23 Å². The highest BCUT2D eigenvalue weighted by Crippen LogP contribution is 2.25. The smallest absolute Gasteiger partial charge is 0.324 e. The molecule has 0 aliphatic carbocycles. The molecule has 2 heterocycles. The van der Waals surface area contributed by atoms with Crippen LogP contribution in [-0.4, -0.2) is 68.9 Å². The van der Waals surface area contributed by atoms with E-state index in [9.17, 15) is 15.0 Å². The summed E-state index contributed by atoms with van der Waals surface area (Å²) in [5.41, 5.74) is 0. The van der Waals surface area contributed by atoms with Crippen molar-refractivity contribution in [2.45, 2.75) is 31.0 Å². The van der Waals surface area contributed by atoms with E-state index in [-0.39, 0.29) is 0 Å². The molecule has 8 heteroatoms. The van der Waals surface area contributed by atoms with Crippen LogP contribution in [0, 0.1) is 0 Å². The van der Waals surface area contributed by atoms with E-state index in [2.05, 4.69) is 5.32 Å². The number of rotatable bonds is 2. The number of urea groups is 1. The second-order valence-electron chi connectivity index (χ2n) is 4.03. The molecule has 2 rings (SSSR count). The van der Waals surface area contributed by atoms with Crippen LogP contribution in [0.4, 0.5) is 4.79 Å². The largest absolute Gasteiger partial charge is 0.394 e. The van der Waals surface area contributed by atoms with Gasteiger partial charge >= 0.3 is 6.03 Å². The maximum atomic E-state index is 11.6. The molecule has 0 saturated carbocycles. The fourth-order valence-electron chi connectivity index (χ4n) is 1.96. The Morgan fingerprint density at radius 1 is 1.47 bits per heavy atom. The lowest BCUT2D eigenvalue weighted by Crippen LogP contribution is -2.56. The molecule has 0 unspecified atom stereocenters. The van der Waals surface area contributed by atoms with E-state index in [0.717, 1.165) is 0 Å². The van der Waals surface area contributed by atoms with E-state index < -0.39 is 37.2 Å². The van der Waals surface area contributed by atoms with Crippen molar-refractivity contribution in [3.05, 3.63) is 0 Å². The average molecular weight is 262 g/mol. The number of aliphatic hydroxyl groups is 3. The van der Waals surface area contributed by atoms with E-state index in [0.29, 0.717) is 18.0 Å². The topological polar surface area (TPSA) is 102 Å². The molecule has 17 heavy (non-hydrogen) atoms. The van der Waals surface area contributed by atoms with Crippen molar-refractivity contribution in [1.82, 2.24) is 10.2 Å².